The van der Waals surface area contributed by atoms with Crippen molar-refractivity contribution in [1.82, 2.24) is 9.80 Å². The standard InChI is InChI=1S/C12H20N2O3/c1-9-4-6-13(8-9)12(17)14-5-2-3-10(14)7-11(15)16/h9-10H,2-8H2,1H3,(H,15,16). The first kappa shape index (κ1) is 12.2. The molecular weight excluding hydrogens is 220 g/mol. The van der Waals surface area contributed by atoms with Crippen LogP contribution in [-0.2, 0) is 4.79 Å². The molecule has 2 saturated heterocycles. The van der Waals surface area contributed by atoms with Gasteiger partial charge < -0.3 is 14.9 Å². The van der Waals surface area contributed by atoms with Crippen LogP contribution in [0.2, 0.25) is 0 Å². The number of likely N-dealkylation sites (tertiary alicyclic amines) is 2. The van der Waals surface area contributed by atoms with Crippen molar-refractivity contribution in [2.24, 2.45) is 5.92 Å². The third-order valence-electron chi connectivity index (χ3n) is 3.73. The lowest BCUT2D eigenvalue weighted by molar-refractivity contribution is -0.138. The quantitative estimate of drug-likeness (QED) is 0.793. The Labute approximate surface area is 101 Å². The number of hydrogen-bond acceptors (Lipinski definition) is 2. The van der Waals surface area contributed by atoms with Crippen molar-refractivity contribution < 1.29 is 14.7 Å². The van der Waals surface area contributed by atoms with Crippen LogP contribution in [0.15, 0.2) is 0 Å². The zero-order valence-corrected chi connectivity index (χ0v) is 10.3. The maximum atomic E-state index is 12.2. The van der Waals surface area contributed by atoms with Gasteiger partial charge in [-0.25, -0.2) is 4.79 Å². The molecule has 96 valence electrons. The smallest absolute Gasteiger partial charge is 0.320 e. The van der Waals surface area contributed by atoms with Gasteiger partial charge in [0.1, 0.15) is 0 Å². The summed E-state index contributed by atoms with van der Waals surface area (Å²) in [6, 6.07) is -0.0611. The maximum Gasteiger partial charge on any atom is 0.320 e. The van der Waals surface area contributed by atoms with Gasteiger partial charge in [0.25, 0.3) is 0 Å². The number of carbonyl (C=O) groups is 2. The topological polar surface area (TPSA) is 60.9 Å². The number of carbonyl (C=O) groups excluding carboxylic acids is 1. The van der Waals surface area contributed by atoms with Gasteiger partial charge in [0, 0.05) is 25.7 Å². The van der Waals surface area contributed by atoms with Gasteiger partial charge in [0.15, 0.2) is 0 Å². The first-order valence-electron chi connectivity index (χ1n) is 6.35. The van der Waals surface area contributed by atoms with Gasteiger partial charge in [-0.1, -0.05) is 6.92 Å². The molecule has 2 aliphatic heterocycles. The van der Waals surface area contributed by atoms with E-state index in [0.717, 1.165) is 32.4 Å². The summed E-state index contributed by atoms with van der Waals surface area (Å²) in [6.45, 7) is 4.49. The molecule has 2 aliphatic rings. The summed E-state index contributed by atoms with van der Waals surface area (Å²) in [6.07, 6.45) is 2.88. The highest BCUT2D eigenvalue weighted by atomic mass is 16.4. The number of nitrogens with zero attached hydrogens (tertiary/aromatic N) is 2. The molecule has 0 aromatic carbocycles. The highest BCUT2D eigenvalue weighted by Crippen LogP contribution is 2.24. The first-order valence-corrected chi connectivity index (χ1v) is 6.35. The van der Waals surface area contributed by atoms with E-state index in [0.29, 0.717) is 12.5 Å². The molecule has 0 aliphatic carbocycles. The number of hydrogen-bond donors (Lipinski definition) is 1. The Hall–Kier alpha value is -1.26. The molecule has 5 heteroatoms. The van der Waals surface area contributed by atoms with E-state index in [4.69, 9.17) is 5.11 Å². The Balaban J connectivity index is 1.95. The molecule has 5 nitrogen and oxygen atoms in total. The molecule has 0 radical (unpaired) electrons. The van der Waals surface area contributed by atoms with Crippen molar-refractivity contribution in [1.29, 1.82) is 0 Å². The molecular formula is C12H20N2O3. The second kappa shape index (κ2) is 4.94. The fourth-order valence-electron chi connectivity index (χ4n) is 2.79. The molecule has 2 heterocycles. The van der Waals surface area contributed by atoms with E-state index < -0.39 is 5.97 Å². The summed E-state index contributed by atoms with van der Waals surface area (Å²) in [5.41, 5.74) is 0. The Morgan fingerprint density at radius 2 is 2.06 bits per heavy atom. The van der Waals surface area contributed by atoms with Crippen LogP contribution in [0.3, 0.4) is 0 Å². The van der Waals surface area contributed by atoms with Crippen LogP contribution in [0.1, 0.15) is 32.6 Å². The third-order valence-corrected chi connectivity index (χ3v) is 3.73. The van der Waals surface area contributed by atoms with Crippen LogP contribution in [0.25, 0.3) is 0 Å². The molecule has 2 fully saturated rings. The van der Waals surface area contributed by atoms with Crippen molar-refractivity contribution in [2.75, 3.05) is 19.6 Å². The first-order chi connectivity index (χ1) is 8.08. The average molecular weight is 240 g/mol. The zero-order valence-electron chi connectivity index (χ0n) is 10.3. The Kier molecular flexibility index (Phi) is 3.54. The van der Waals surface area contributed by atoms with Crippen molar-refractivity contribution in [3.05, 3.63) is 0 Å². The van der Waals surface area contributed by atoms with Gasteiger partial charge in [0.05, 0.1) is 6.42 Å². The predicted molar refractivity (Wildman–Crippen MR) is 62.7 cm³/mol. The number of carboxylic acids is 1. The molecule has 0 aromatic rings. The molecule has 0 saturated carbocycles. The summed E-state index contributed by atoms with van der Waals surface area (Å²) in [7, 11) is 0. The second-order valence-electron chi connectivity index (χ2n) is 5.21. The Morgan fingerprint density at radius 1 is 1.29 bits per heavy atom. The normalized spacial score (nSPS) is 28.8. The molecule has 0 spiro atoms. The lowest BCUT2D eigenvalue weighted by Gasteiger charge is -2.28. The Bertz CT molecular complexity index is 319. The van der Waals surface area contributed by atoms with Crippen LogP contribution >= 0.6 is 0 Å². The van der Waals surface area contributed by atoms with E-state index in [9.17, 15) is 9.59 Å². The number of rotatable bonds is 2. The SMILES string of the molecule is CC1CCN(C(=O)N2CCCC2CC(=O)O)C1. The van der Waals surface area contributed by atoms with Crippen molar-refractivity contribution in [2.45, 2.75) is 38.6 Å². The summed E-state index contributed by atoms with van der Waals surface area (Å²) >= 11 is 0. The van der Waals surface area contributed by atoms with E-state index in [-0.39, 0.29) is 18.5 Å². The lowest BCUT2D eigenvalue weighted by atomic mass is 10.1. The molecule has 2 rings (SSSR count). The van der Waals surface area contributed by atoms with Crippen LogP contribution < -0.4 is 0 Å². The van der Waals surface area contributed by atoms with Crippen molar-refractivity contribution in [3.63, 3.8) is 0 Å². The molecule has 0 aromatic heterocycles. The van der Waals surface area contributed by atoms with Gasteiger partial charge in [-0.05, 0) is 25.2 Å². The van der Waals surface area contributed by atoms with E-state index in [2.05, 4.69) is 6.92 Å². The lowest BCUT2D eigenvalue weighted by Crippen LogP contribution is -2.45. The number of carboxylic acid groups (broad SMARTS) is 1. The third kappa shape index (κ3) is 2.70. The van der Waals surface area contributed by atoms with Crippen LogP contribution in [-0.4, -0.2) is 52.6 Å². The number of urea groups is 1. The minimum absolute atomic E-state index is 0.0399. The van der Waals surface area contributed by atoms with E-state index in [1.807, 2.05) is 4.90 Å². The molecule has 2 amide bonds. The predicted octanol–water partition coefficient (Wildman–Crippen LogP) is 1.39. The summed E-state index contributed by atoms with van der Waals surface area (Å²) < 4.78 is 0. The van der Waals surface area contributed by atoms with Gasteiger partial charge in [-0.15, -0.1) is 0 Å². The summed E-state index contributed by atoms with van der Waals surface area (Å²) in [4.78, 5) is 26.6. The number of amides is 2. The van der Waals surface area contributed by atoms with Gasteiger partial charge in [-0.3, -0.25) is 4.79 Å². The molecule has 2 unspecified atom stereocenters. The van der Waals surface area contributed by atoms with Crippen molar-refractivity contribution >= 4 is 12.0 Å². The van der Waals surface area contributed by atoms with Gasteiger partial charge in [0.2, 0.25) is 0 Å². The van der Waals surface area contributed by atoms with E-state index >= 15 is 0 Å². The fraction of sp³-hybridized carbons (Fsp3) is 0.833. The molecule has 17 heavy (non-hydrogen) atoms. The summed E-state index contributed by atoms with van der Waals surface area (Å²) in [5, 5.41) is 8.83. The monoisotopic (exact) mass is 240 g/mol. The van der Waals surface area contributed by atoms with Crippen LogP contribution in [0.5, 0.6) is 0 Å². The Morgan fingerprint density at radius 3 is 2.65 bits per heavy atom. The zero-order chi connectivity index (χ0) is 12.4. The van der Waals surface area contributed by atoms with Crippen LogP contribution in [0.4, 0.5) is 4.79 Å². The van der Waals surface area contributed by atoms with Gasteiger partial charge in [-0.2, -0.15) is 0 Å². The minimum atomic E-state index is -0.815. The van der Waals surface area contributed by atoms with E-state index in [1.54, 1.807) is 4.90 Å². The van der Waals surface area contributed by atoms with E-state index in [1.165, 1.54) is 0 Å². The van der Waals surface area contributed by atoms with Crippen molar-refractivity contribution in [3.8, 4) is 0 Å². The average Bonchev–Trinajstić information content (AvgIpc) is 2.85. The number of aliphatic carboxylic acids is 1. The molecule has 1 N–H and O–H groups in total. The van der Waals surface area contributed by atoms with Crippen LogP contribution in [0, 0.1) is 5.92 Å². The molecule has 2 atom stereocenters. The summed E-state index contributed by atoms with van der Waals surface area (Å²) in [5.74, 6) is -0.246. The highest BCUT2D eigenvalue weighted by Gasteiger charge is 2.34. The highest BCUT2D eigenvalue weighted by molar-refractivity contribution is 5.76. The molecule has 0 bridgehead atoms. The largest absolute Gasteiger partial charge is 0.481 e. The second-order valence-corrected chi connectivity index (χ2v) is 5.21. The fourth-order valence-corrected chi connectivity index (χ4v) is 2.79. The van der Waals surface area contributed by atoms with Gasteiger partial charge >= 0.3 is 12.0 Å². The maximum absolute atomic E-state index is 12.2. The minimum Gasteiger partial charge on any atom is -0.481 e.